The predicted octanol–water partition coefficient (Wildman–Crippen LogP) is 2.78. The molecular formula is C14H18ClNO3. The molecule has 1 aliphatic rings. The second kappa shape index (κ2) is 6.26. The van der Waals surface area contributed by atoms with Gasteiger partial charge in [-0.15, -0.1) is 0 Å². The van der Waals surface area contributed by atoms with E-state index >= 15 is 0 Å². The molecule has 0 radical (unpaired) electrons. The van der Waals surface area contributed by atoms with Gasteiger partial charge in [0.25, 0.3) is 0 Å². The first-order chi connectivity index (χ1) is 9.06. The highest BCUT2D eigenvalue weighted by Gasteiger charge is 2.25. The summed E-state index contributed by atoms with van der Waals surface area (Å²) in [5.41, 5.74) is 1.02. The normalized spacial score (nSPS) is 23.2. The number of hydrogen-bond acceptors (Lipinski definition) is 3. The third-order valence-corrected chi connectivity index (χ3v) is 3.99. The molecule has 1 aromatic rings. The van der Waals surface area contributed by atoms with E-state index in [0.29, 0.717) is 17.6 Å². The predicted molar refractivity (Wildman–Crippen MR) is 73.3 cm³/mol. The van der Waals surface area contributed by atoms with E-state index < -0.39 is 5.97 Å². The fraction of sp³-hybridized carbons (Fsp3) is 0.500. The number of phenolic OH excluding ortho intramolecular Hbond substituents is 1. The Labute approximate surface area is 117 Å². The van der Waals surface area contributed by atoms with E-state index in [-0.39, 0.29) is 11.7 Å². The molecular weight excluding hydrogens is 266 g/mol. The van der Waals surface area contributed by atoms with Crippen molar-refractivity contribution < 1.29 is 15.0 Å². The lowest BCUT2D eigenvalue weighted by atomic mass is 9.86. The van der Waals surface area contributed by atoms with Gasteiger partial charge in [0.1, 0.15) is 5.75 Å². The molecule has 0 saturated heterocycles. The molecule has 5 heteroatoms. The zero-order valence-corrected chi connectivity index (χ0v) is 11.4. The second-order valence-corrected chi connectivity index (χ2v) is 5.46. The van der Waals surface area contributed by atoms with Gasteiger partial charge in [0, 0.05) is 12.6 Å². The molecule has 0 unspecified atom stereocenters. The van der Waals surface area contributed by atoms with Crippen molar-refractivity contribution in [3.63, 3.8) is 0 Å². The van der Waals surface area contributed by atoms with Crippen LogP contribution in [0.3, 0.4) is 0 Å². The fourth-order valence-electron chi connectivity index (χ4n) is 2.47. The second-order valence-electron chi connectivity index (χ2n) is 5.05. The van der Waals surface area contributed by atoms with Crippen LogP contribution in [-0.4, -0.2) is 22.2 Å². The van der Waals surface area contributed by atoms with E-state index in [2.05, 4.69) is 5.32 Å². The van der Waals surface area contributed by atoms with Crippen molar-refractivity contribution in [3.05, 3.63) is 28.8 Å². The summed E-state index contributed by atoms with van der Waals surface area (Å²) < 4.78 is 0. The average molecular weight is 284 g/mol. The van der Waals surface area contributed by atoms with Crippen LogP contribution in [0.25, 0.3) is 0 Å². The molecule has 1 aliphatic carbocycles. The van der Waals surface area contributed by atoms with E-state index in [1.807, 2.05) is 6.07 Å². The molecule has 0 atom stereocenters. The van der Waals surface area contributed by atoms with Gasteiger partial charge in [-0.3, -0.25) is 4.79 Å². The summed E-state index contributed by atoms with van der Waals surface area (Å²) >= 11 is 5.85. The summed E-state index contributed by atoms with van der Waals surface area (Å²) in [6.45, 7) is 0.683. The summed E-state index contributed by atoms with van der Waals surface area (Å²) in [7, 11) is 0. The van der Waals surface area contributed by atoms with Crippen molar-refractivity contribution in [3.8, 4) is 5.75 Å². The van der Waals surface area contributed by atoms with Crippen molar-refractivity contribution in [2.24, 2.45) is 5.92 Å². The maximum absolute atomic E-state index is 10.9. The van der Waals surface area contributed by atoms with Crippen molar-refractivity contribution in [1.29, 1.82) is 0 Å². The average Bonchev–Trinajstić information content (AvgIpc) is 2.40. The van der Waals surface area contributed by atoms with Crippen LogP contribution in [0.4, 0.5) is 0 Å². The van der Waals surface area contributed by atoms with Crippen LogP contribution in [0.2, 0.25) is 5.02 Å². The zero-order valence-electron chi connectivity index (χ0n) is 10.6. The Kier molecular flexibility index (Phi) is 4.66. The molecule has 104 valence electrons. The third-order valence-electron chi connectivity index (χ3n) is 3.68. The minimum absolute atomic E-state index is 0.0902. The lowest BCUT2D eigenvalue weighted by Crippen LogP contribution is -2.34. The molecule has 0 heterocycles. The Morgan fingerprint density at radius 1 is 1.32 bits per heavy atom. The topological polar surface area (TPSA) is 69.6 Å². The first-order valence-corrected chi connectivity index (χ1v) is 6.87. The molecule has 0 spiro atoms. The highest BCUT2D eigenvalue weighted by molar-refractivity contribution is 6.32. The van der Waals surface area contributed by atoms with Crippen molar-refractivity contribution in [1.82, 2.24) is 5.32 Å². The maximum atomic E-state index is 10.9. The quantitative estimate of drug-likeness (QED) is 0.795. The molecule has 1 saturated carbocycles. The molecule has 19 heavy (non-hydrogen) atoms. The third kappa shape index (κ3) is 3.85. The summed E-state index contributed by atoms with van der Waals surface area (Å²) in [5, 5.41) is 22.0. The minimum Gasteiger partial charge on any atom is -0.506 e. The SMILES string of the molecule is O=C(O)C1CCC(NCc2ccc(O)c(Cl)c2)CC1. The van der Waals surface area contributed by atoms with Gasteiger partial charge in [0.2, 0.25) is 0 Å². The van der Waals surface area contributed by atoms with Gasteiger partial charge >= 0.3 is 5.97 Å². The molecule has 0 bridgehead atoms. The van der Waals surface area contributed by atoms with E-state index in [4.69, 9.17) is 16.7 Å². The summed E-state index contributed by atoms with van der Waals surface area (Å²) in [6.07, 6.45) is 3.26. The van der Waals surface area contributed by atoms with Gasteiger partial charge in [-0.1, -0.05) is 17.7 Å². The van der Waals surface area contributed by atoms with Crippen LogP contribution < -0.4 is 5.32 Å². The zero-order chi connectivity index (χ0) is 13.8. The summed E-state index contributed by atoms with van der Waals surface area (Å²) in [5.74, 6) is -0.766. The van der Waals surface area contributed by atoms with E-state index in [1.54, 1.807) is 12.1 Å². The number of benzene rings is 1. The van der Waals surface area contributed by atoms with Gasteiger partial charge in [0.15, 0.2) is 0 Å². The molecule has 0 aliphatic heterocycles. The lowest BCUT2D eigenvalue weighted by Gasteiger charge is -2.27. The number of carboxylic acids is 1. The molecule has 1 fully saturated rings. The van der Waals surface area contributed by atoms with Crippen LogP contribution in [0.5, 0.6) is 5.75 Å². The number of carbonyl (C=O) groups is 1. The number of halogens is 1. The largest absolute Gasteiger partial charge is 0.506 e. The number of hydrogen-bond donors (Lipinski definition) is 3. The maximum Gasteiger partial charge on any atom is 0.306 e. The van der Waals surface area contributed by atoms with Crippen molar-refractivity contribution >= 4 is 17.6 Å². The van der Waals surface area contributed by atoms with Crippen LogP contribution in [0, 0.1) is 5.92 Å². The summed E-state index contributed by atoms with van der Waals surface area (Å²) in [4.78, 5) is 10.9. The fourth-order valence-corrected chi connectivity index (χ4v) is 2.67. The molecule has 0 amide bonds. The standard InChI is InChI=1S/C14H18ClNO3/c15-12-7-9(1-6-13(12)17)8-16-11-4-2-10(3-5-11)14(18)19/h1,6-7,10-11,16-17H,2-5,8H2,(H,18,19). The smallest absolute Gasteiger partial charge is 0.306 e. The Morgan fingerprint density at radius 2 is 2.00 bits per heavy atom. The van der Waals surface area contributed by atoms with Gasteiger partial charge < -0.3 is 15.5 Å². The Morgan fingerprint density at radius 3 is 2.58 bits per heavy atom. The molecule has 4 nitrogen and oxygen atoms in total. The van der Waals surface area contributed by atoms with E-state index in [1.165, 1.54) is 0 Å². The first-order valence-electron chi connectivity index (χ1n) is 6.50. The van der Waals surface area contributed by atoms with Gasteiger partial charge in [-0.05, 0) is 43.4 Å². The lowest BCUT2D eigenvalue weighted by molar-refractivity contribution is -0.142. The number of aromatic hydroxyl groups is 1. The number of nitrogens with one attached hydrogen (secondary N) is 1. The summed E-state index contributed by atoms with van der Waals surface area (Å²) in [6, 6.07) is 5.52. The van der Waals surface area contributed by atoms with Gasteiger partial charge in [-0.25, -0.2) is 0 Å². The van der Waals surface area contributed by atoms with Crippen LogP contribution >= 0.6 is 11.6 Å². The molecule has 2 rings (SSSR count). The Bertz CT molecular complexity index is 456. The van der Waals surface area contributed by atoms with Crippen LogP contribution in [0.1, 0.15) is 31.2 Å². The van der Waals surface area contributed by atoms with Crippen LogP contribution in [-0.2, 0) is 11.3 Å². The molecule has 0 aromatic heterocycles. The highest BCUT2D eigenvalue weighted by Crippen LogP contribution is 2.26. The highest BCUT2D eigenvalue weighted by atomic mass is 35.5. The monoisotopic (exact) mass is 283 g/mol. The number of phenols is 1. The molecule has 3 N–H and O–H groups in total. The number of rotatable bonds is 4. The first kappa shape index (κ1) is 14.2. The van der Waals surface area contributed by atoms with E-state index in [0.717, 1.165) is 31.2 Å². The van der Waals surface area contributed by atoms with Gasteiger partial charge in [0.05, 0.1) is 10.9 Å². The Hall–Kier alpha value is -1.26. The van der Waals surface area contributed by atoms with E-state index in [9.17, 15) is 9.90 Å². The number of aliphatic carboxylic acids is 1. The van der Waals surface area contributed by atoms with Crippen molar-refractivity contribution in [2.45, 2.75) is 38.3 Å². The Balaban J connectivity index is 1.80. The van der Waals surface area contributed by atoms with Gasteiger partial charge in [-0.2, -0.15) is 0 Å². The minimum atomic E-state index is -0.677. The van der Waals surface area contributed by atoms with Crippen LogP contribution in [0.15, 0.2) is 18.2 Å². The van der Waals surface area contributed by atoms with Crippen molar-refractivity contribution in [2.75, 3.05) is 0 Å². The number of carboxylic acid groups (broad SMARTS) is 1. The molecule has 1 aromatic carbocycles.